The second kappa shape index (κ2) is 8.35. The van der Waals surface area contributed by atoms with Gasteiger partial charge in [-0.25, -0.2) is 0 Å². The van der Waals surface area contributed by atoms with Crippen molar-refractivity contribution in [3.63, 3.8) is 0 Å². The summed E-state index contributed by atoms with van der Waals surface area (Å²) in [5.41, 5.74) is -1.88. The fraction of sp³-hybridized carbons (Fsp3) is 0.870. The molecule has 3 fully saturated rings. The van der Waals surface area contributed by atoms with Gasteiger partial charge in [-0.05, 0) is 38.5 Å². The summed E-state index contributed by atoms with van der Waals surface area (Å²) >= 11 is 0. The minimum absolute atomic E-state index is 0.00814. The molecule has 2 bridgehead atoms. The minimum atomic E-state index is -1.07. The Morgan fingerprint density at radius 1 is 1.29 bits per heavy atom. The average Bonchev–Trinajstić information content (AvgIpc) is 3.19. The quantitative estimate of drug-likeness (QED) is 0.526. The first-order valence-electron chi connectivity index (χ1n) is 11.6. The lowest BCUT2D eigenvalue weighted by atomic mass is 9.62. The fourth-order valence-corrected chi connectivity index (χ4v) is 6.34. The molecule has 0 radical (unpaired) electrons. The molecule has 3 aliphatic heterocycles. The third-order valence-corrected chi connectivity index (χ3v) is 7.95. The third-order valence-electron chi connectivity index (χ3n) is 7.95. The Hall–Kier alpha value is -1.67. The molecular weight excluding hydrogens is 398 g/mol. The van der Waals surface area contributed by atoms with Crippen molar-refractivity contribution in [1.82, 2.24) is 15.5 Å². The van der Waals surface area contributed by atoms with Gasteiger partial charge in [0.15, 0.2) is 0 Å². The average molecular weight is 438 g/mol. The highest BCUT2D eigenvalue weighted by Crippen LogP contribution is 2.65. The number of carbonyl (C=O) groups is 3. The van der Waals surface area contributed by atoms with Gasteiger partial charge in [-0.2, -0.15) is 0 Å². The van der Waals surface area contributed by atoms with Gasteiger partial charge >= 0.3 is 0 Å². The Kier molecular flexibility index (Phi) is 6.46. The van der Waals surface area contributed by atoms with Crippen LogP contribution in [0.5, 0.6) is 0 Å². The molecule has 3 amide bonds. The van der Waals surface area contributed by atoms with Crippen molar-refractivity contribution in [3.8, 4) is 0 Å². The number of aliphatic hydroxyl groups excluding tert-OH is 1. The lowest BCUT2D eigenvalue weighted by Crippen LogP contribution is -2.60. The second-order valence-electron chi connectivity index (χ2n) is 10.3. The molecule has 0 aromatic carbocycles. The maximum absolute atomic E-state index is 13.9. The first-order valence-corrected chi connectivity index (χ1v) is 11.6. The number of carbonyl (C=O) groups excluding carboxylic acids is 3. The predicted molar refractivity (Wildman–Crippen MR) is 116 cm³/mol. The van der Waals surface area contributed by atoms with Gasteiger partial charge in [0, 0.05) is 13.1 Å². The van der Waals surface area contributed by atoms with E-state index in [2.05, 4.69) is 17.6 Å². The number of ether oxygens (including phenoxy) is 1. The number of nitrogens with one attached hydrogen (secondary N) is 2. The molecule has 1 spiro atoms. The molecule has 0 aromatic heterocycles. The summed E-state index contributed by atoms with van der Waals surface area (Å²) in [4.78, 5) is 42.0. The molecule has 3 saturated heterocycles. The maximum Gasteiger partial charge on any atom is 0.246 e. The Balaban J connectivity index is 2.12. The first-order chi connectivity index (χ1) is 14.5. The van der Waals surface area contributed by atoms with Crippen molar-refractivity contribution >= 4 is 17.7 Å². The van der Waals surface area contributed by atoms with E-state index in [0.29, 0.717) is 6.42 Å². The van der Waals surface area contributed by atoms with Crippen LogP contribution in [0.25, 0.3) is 0 Å². The third kappa shape index (κ3) is 3.37. The number of hydrogen-bond acceptors (Lipinski definition) is 5. The number of amides is 3. The Bertz CT molecular complexity index is 743. The first kappa shape index (κ1) is 24.0. The minimum Gasteiger partial charge on any atom is -0.394 e. The van der Waals surface area contributed by atoms with Crippen molar-refractivity contribution in [3.05, 3.63) is 0 Å². The van der Waals surface area contributed by atoms with Crippen LogP contribution in [0, 0.1) is 23.7 Å². The molecule has 3 heterocycles. The van der Waals surface area contributed by atoms with Crippen molar-refractivity contribution in [2.24, 2.45) is 23.7 Å². The van der Waals surface area contributed by atoms with Crippen LogP contribution in [0.1, 0.15) is 60.8 Å². The molecule has 3 aliphatic rings. The van der Waals surface area contributed by atoms with E-state index in [9.17, 15) is 19.5 Å². The number of nitrogens with zero attached hydrogens (tertiary/aromatic N) is 1. The molecule has 0 saturated carbocycles. The van der Waals surface area contributed by atoms with Crippen molar-refractivity contribution in [2.75, 3.05) is 13.7 Å². The molecule has 31 heavy (non-hydrogen) atoms. The van der Waals surface area contributed by atoms with Gasteiger partial charge in [0.05, 0.1) is 30.1 Å². The summed E-state index contributed by atoms with van der Waals surface area (Å²) in [5, 5.41) is 15.9. The van der Waals surface area contributed by atoms with Crippen LogP contribution >= 0.6 is 0 Å². The molecule has 8 atom stereocenters. The van der Waals surface area contributed by atoms with Crippen LogP contribution in [-0.2, 0) is 19.1 Å². The fourth-order valence-electron chi connectivity index (χ4n) is 6.34. The lowest BCUT2D eigenvalue weighted by molar-refractivity contribution is -0.152. The van der Waals surface area contributed by atoms with Gasteiger partial charge in [0.25, 0.3) is 0 Å². The van der Waals surface area contributed by atoms with Crippen LogP contribution in [0.15, 0.2) is 0 Å². The Labute approximate surface area is 185 Å². The number of aliphatic hydroxyl groups is 1. The summed E-state index contributed by atoms with van der Waals surface area (Å²) in [6, 6.07) is -1.44. The van der Waals surface area contributed by atoms with Gasteiger partial charge in [-0.1, -0.05) is 34.1 Å². The molecule has 8 nitrogen and oxygen atoms in total. The maximum atomic E-state index is 13.9. The summed E-state index contributed by atoms with van der Waals surface area (Å²) in [6.45, 7) is 11.5. The molecule has 3 N–H and O–H groups in total. The van der Waals surface area contributed by atoms with Crippen LogP contribution in [0.2, 0.25) is 0 Å². The monoisotopic (exact) mass is 437 g/mol. The van der Waals surface area contributed by atoms with Crippen molar-refractivity contribution in [2.45, 2.75) is 90.1 Å². The van der Waals surface area contributed by atoms with Crippen LogP contribution in [0.4, 0.5) is 0 Å². The predicted octanol–water partition coefficient (Wildman–Crippen LogP) is 1.06. The van der Waals surface area contributed by atoms with Crippen molar-refractivity contribution < 1.29 is 24.2 Å². The summed E-state index contributed by atoms with van der Waals surface area (Å²) < 4.78 is 6.60. The van der Waals surface area contributed by atoms with E-state index in [4.69, 9.17) is 4.74 Å². The van der Waals surface area contributed by atoms with Gasteiger partial charge in [-0.15, -0.1) is 0 Å². The smallest absolute Gasteiger partial charge is 0.246 e. The van der Waals surface area contributed by atoms with E-state index in [-0.39, 0.29) is 42.2 Å². The molecule has 176 valence electrons. The Morgan fingerprint density at radius 3 is 2.45 bits per heavy atom. The number of hydrogen-bond donors (Lipinski definition) is 3. The van der Waals surface area contributed by atoms with E-state index < -0.39 is 35.1 Å². The van der Waals surface area contributed by atoms with Crippen LogP contribution in [0.3, 0.4) is 0 Å². The van der Waals surface area contributed by atoms with E-state index in [1.165, 1.54) is 4.90 Å². The van der Waals surface area contributed by atoms with Gasteiger partial charge in [-0.3, -0.25) is 14.4 Å². The van der Waals surface area contributed by atoms with Gasteiger partial charge in [0.1, 0.15) is 11.6 Å². The van der Waals surface area contributed by atoms with E-state index in [1.807, 2.05) is 34.6 Å². The molecule has 0 aliphatic carbocycles. The highest BCUT2D eigenvalue weighted by Gasteiger charge is 2.80. The van der Waals surface area contributed by atoms with Crippen molar-refractivity contribution in [1.29, 1.82) is 0 Å². The zero-order valence-electron chi connectivity index (χ0n) is 19.9. The van der Waals surface area contributed by atoms with E-state index in [1.54, 1.807) is 7.05 Å². The number of likely N-dealkylation sites (tertiary alicyclic amines) is 1. The molecule has 0 aromatic rings. The molecule has 4 unspecified atom stereocenters. The standard InChI is InChI=1S/C23H39N3O5/c1-8-9-14(5)25-20(29)18-23-10-13(4)22(6,31-23)16(19(28)24-7)17(23)21(30)26(18)15(11-27)12(2)3/h12-18,27H,8-11H2,1-7H3,(H,24,28)(H,25,29)/t13?,14?,15-,16+,17-,18?,22-,23?/m0/s1. The van der Waals surface area contributed by atoms with Gasteiger partial charge < -0.3 is 25.4 Å². The molecule has 3 rings (SSSR count). The zero-order valence-corrected chi connectivity index (χ0v) is 19.9. The SMILES string of the molecule is CCCC(C)NC(=O)C1N([C@@H](CO)C(C)C)C(=O)[C@@H]2[C@H](C(=O)NC)[C@@]3(C)OC12CC3C. The molecular formula is C23H39N3O5. The Morgan fingerprint density at radius 2 is 1.94 bits per heavy atom. The molecule has 8 heteroatoms. The second-order valence-corrected chi connectivity index (χ2v) is 10.3. The summed E-state index contributed by atoms with van der Waals surface area (Å²) in [6.07, 6.45) is 2.28. The van der Waals surface area contributed by atoms with Gasteiger partial charge in [0.2, 0.25) is 17.7 Å². The summed E-state index contributed by atoms with van der Waals surface area (Å²) in [5.74, 6) is -2.22. The van der Waals surface area contributed by atoms with E-state index >= 15 is 0 Å². The zero-order chi connectivity index (χ0) is 23.3. The largest absolute Gasteiger partial charge is 0.394 e. The topological polar surface area (TPSA) is 108 Å². The number of rotatable bonds is 8. The number of fused-ring (bicyclic) bond motifs is 1. The lowest BCUT2D eigenvalue weighted by Gasteiger charge is -2.39. The highest BCUT2D eigenvalue weighted by molar-refractivity contribution is 5.99. The van der Waals surface area contributed by atoms with Crippen LogP contribution in [-0.4, -0.2) is 70.7 Å². The van der Waals surface area contributed by atoms with Crippen LogP contribution < -0.4 is 10.6 Å². The summed E-state index contributed by atoms with van der Waals surface area (Å²) in [7, 11) is 1.56. The van der Waals surface area contributed by atoms with E-state index in [0.717, 1.165) is 12.8 Å². The highest BCUT2D eigenvalue weighted by atomic mass is 16.5. The normalized spacial score (nSPS) is 38.4.